The molecule has 2 fully saturated rings. The highest BCUT2D eigenvalue weighted by Crippen LogP contribution is 2.33. The van der Waals surface area contributed by atoms with E-state index in [1.54, 1.807) is 16.7 Å². The van der Waals surface area contributed by atoms with Gasteiger partial charge in [0.2, 0.25) is 5.91 Å². The number of thioether (sulfide) groups is 1. The Hall–Kier alpha value is -0.430. The number of hydrogen-bond acceptors (Lipinski definition) is 3. The highest BCUT2D eigenvalue weighted by atomic mass is 32.2. The molecule has 7 heteroatoms. The molecule has 110 valence electrons. The molecule has 0 saturated carbocycles. The highest BCUT2D eigenvalue weighted by Gasteiger charge is 2.44. The van der Waals surface area contributed by atoms with Crippen LogP contribution in [0.15, 0.2) is 0 Å². The van der Waals surface area contributed by atoms with Crippen LogP contribution in [0.25, 0.3) is 0 Å². The maximum atomic E-state index is 12.4. The Morgan fingerprint density at radius 3 is 2.37 bits per heavy atom. The first-order valence-corrected chi connectivity index (χ1v) is 7.59. The Balaban J connectivity index is 1.83. The molecular formula is C12H18F3NO2S. The molecule has 2 unspecified atom stereocenters. The van der Waals surface area contributed by atoms with E-state index >= 15 is 0 Å². The van der Waals surface area contributed by atoms with Crippen molar-refractivity contribution in [1.29, 1.82) is 0 Å². The Kier molecular flexibility index (Phi) is 4.66. The summed E-state index contributed by atoms with van der Waals surface area (Å²) in [6, 6.07) is 0. The molecule has 0 aliphatic carbocycles. The van der Waals surface area contributed by atoms with Gasteiger partial charge >= 0.3 is 6.18 Å². The first kappa shape index (κ1) is 15.0. The lowest BCUT2D eigenvalue weighted by Crippen LogP contribution is -2.47. The van der Waals surface area contributed by atoms with Gasteiger partial charge < -0.3 is 10.0 Å². The summed E-state index contributed by atoms with van der Waals surface area (Å²) in [6.45, 7) is 0.654. The van der Waals surface area contributed by atoms with Crippen molar-refractivity contribution in [2.45, 2.75) is 43.2 Å². The normalized spacial score (nSPS) is 27.6. The van der Waals surface area contributed by atoms with E-state index < -0.39 is 18.2 Å². The molecule has 0 bridgehead atoms. The van der Waals surface area contributed by atoms with E-state index in [0.29, 0.717) is 13.1 Å². The molecule has 3 nitrogen and oxygen atoms in total. The average molecular weight is 297 g/mol. The number of alkyl halides is 3. The van der Waals surface area contributed by atoms with Crippen LogP contribution in [0, 0.1) is 5.92 Å². The van der Waals surface area contributed by atoms with Crippen LogP contribution in [0.4, 0.5) is 13.2 Å². The van der Waals surface area contributed by atoms with Crippen molar-refractivity contribution in [2.75, 3.05) is 18.8 Å². The van der Waals surface area contributed by atoms with Gasteiger partial charge in [-0.3, -0.25) is 4.79 Å². The van der Waals surface area contributed by atoms with Crippen LogP contribution in [0.1, 0.15) is 25.7 Å². The van der Waals surface area contributed by atoms with Gasteiger partial charge in [0.15, 0.2) is 6.10 Å². The number of aliphatic hydroxyl groups excluding tert-OH is 1. The molecule has 0 radical (unpaired) electrons. The SMILES string of the molecule is O=C(C1CCCS1)N1CCC(C(O)C(F)(F)F)CC1. The predicted molar refractivity (Wildman–Crippen MR) is 66.8 cm³/mol. The van der Waals surface area contributed by atoms with E-state index in [4.69, 9.17) is 0 Å². The van der Waals surface area contributed by atoms with Crippen molar-refractivity contribution in [3.05, 3.63) is 0 Å². The van der Waals surface area contributed by atoms with E-state index in [1.165, 1.54) is 0 Å². The van der Waals surface area contributed by atoms with E-state index in [2.05, 4.69) is 0 Å². The van der Waals surface area contributed by atoms with Gasteiger partial charge in [0, 0.05) is 13.1 Å². The smallest absolute Gasteiger partial charge is 0.383 e. The number of piperidine rings is 1. The lowest BCUT2D eigenvalue weighted by molar-refractivity contribution is -0.222. The third-order valence-corrected chi connectivity index (χ3v) is 5.20. The lowest BCUT2D eigenvalue weighted by atomic mass is 9.90. The molecule has 2 aliphatic heterocycles. The van der Waals surface area contributed by atoms with Crippen molar-refractivity contribution >= 4 is 17.7 Å². The minimum Gasteiger partial charge on any atom is -0.383 e. The highest BCUT2D eigenvalue weighted by molar-refractivity contribution is 8.00. The molecular weight excluding hydrogens is 279 g/mol. The summed E-state index contributed by atoms with van der Waals surface area (Å²) in [5.41, 5.74) is 0. The lowest BCUT2D eigenvalue weighted by Gasteiger charge is -2.35. The van der Waals surface area contributed by atoms with Crippen LogP contribution < -0.4 is 0 Å². The van der Waals surface area contributed by atoms with Crippen LogP contribution >= 0.6 is 11.8 Å². The monoisotopic (exact) mass is 297 g/mol. The average Bonchev–Trinajstić information content (AvgIpc) is 2.90. The molecule has 2 saturated heterocycles. The number of carbonyl (C=O) groups excluding carboxylic acids is 1. The van der Waals surface area contributed by atoms with Crippen molar-refractivity contribution in [1.82, 2.24) is 4.90 Å². The summed E-state index contributed by atoms with van der Waals surface area (Å²) in [6.07, 6.45) is -4.46. The quantitative estimate of drug-likeness (QED) is 0.848. The first-order valence-electron chi connectivity index (χ1n) is 6.55. The van der Waals surface area contributed by atoms with Gasteiger partial charge in [-0.25, -0.2) is 0 Å². The largest absolute Gasteiger partial charge is 0.414 e. The second-order valence-corrected chi connectivity index (χ2v) is 6.46. The second kappa shape index (κ2) is 5.91. The third-order valence-electron chi connectivity index (χ3n) is 3.84. The Morgan fingerprint density at radius 2 is 1.89 bits per heavy atom. The number of halogens is 3. The topological polar surface area (TPSA) is 40.5 Å². The summed E-state index contributed by atoms with van der Waals surface area (Å²) in [5.74, 6) is 0.266. The summed E-state index contributed by atoms with van der Waals surface area (Å²) >= 11 is 1.63. The molecule has 0 aromatic heterocycles. The number of likely N-dealkylation sites (tertiary alicyclic amines) is 1. The number of hydrogen-bond donors (Lipinski definition) is 1. The van der Waals surface area contributed by atoms with E-state index in [1.807, 2.05) is 0 Å². The van der Waals surface area contributed by atoms with Gasteiger partial charge in [0.1, 0.15) is 0 Å². The molecule has 0 aromatic carbocycles. The number of carbonyl (C=O) groups is 1. The zero-order valence-electron chi connectivity index (χ0n) is 10.5. The fraction of sp³-hybridized carbons (Fsp3) is 0.917. The Bertz CT molecular complexity index is 323. The summed E-state index contributed by atoms with van der Waals surface area (Å²) in [4.78, 5) is 13.7. The molecule has 1 amide bonds. The Labute approximate surface area is 114 Å². The molecule has 0 aromatic rings. The zero-order chi connectivity index (χ0) is 14.0. The van der Waals surface area contributed by atoms with Crippen LogP contribution in [0.3, 0.4) is 0 Å². The van der Waals surface area contributed by atoms with Gasteiger partial charge in [-0.15, -0.1) is 11.8 Å². The predicted octanol–water partition coefficient (Wildman–Crippen LogP) is 2.04. The van der Waals surface area contributed by atoms with E-state index in [9.17, 15) is 23.1 Å². The van der Waals surface area contributed by atoms with Gasteiger partial charge in [0.25, 0.3) is 0 Å². The molecule has 2 aliphatic rings. The van der Waals surface area contributed by atoms with Crippen LogP contribution in [-0.4, -0.2) is 52.3 Å². The zero-order valence-corrected chi connectivity index (χ0v) is 11.3. The van der Waals surface area contributed by atoms with Crippen molar-refractivity contribution < 1.29 is 23.1 Å². The van der Waals surface area contributed by atoms with Crippen LogP contribution in [0.5, 0.6) is 0 Å². The number of nitrogens with zero attached hydrogens (tertiary/aromatic N) is 1. The Morgan fingerprint density at radius 1 is 1.26 bits per heavy atom. The third kappa shape index (κ3) is 3.56. The number of aliphatic hydroxyl groups is 1. The van der Waals surface area contributed by atoms with Gasteiger partial charge in [-0.2, -0.15) is 13.2 Å². The minimum absolute atomic E-state index is 0.0101. The number of rotatable bonds is 2. The fourth-order valence-electron chi connectivity index (χ4n) is 2.68. The van der Waals surface area contributed by atoms with Gasteiger partial charge in [-0.1, -0.05) is 0 Å². The summed E-state index contributed by atoms with van der Waals surface area (Å²) in [5, 5.41) is 9.20. The van der Waals surface area contributed by atoms with Crippen molar-refractivity contribution in [3.8, 4) is 0 Å². The molecule has 2 atom stereocenters. The van der Waals surface area contributed by atoms with Crippen LogP contribution in [0.2, 0.25) is 0 Å². The molecule has 0 spiro atoms. The maximum Gasteiger partial charge on any atom is 0.414 e. The maximum absolute atomic E-state index is 12.4. The van der Waals surface area contributed by atoms with Crippen molar-refractivity contribution in [2.24, 2.45) is 5.92 Å². The minimum atomic E-state index is -4.56. The summed E-state index contributed by atoms with van der Waals surface area (Å²) < 4.78 is 37.2. The van der Waals surface area contributed by atoms with E-state index in [0.717, 1.165) is 18.6 Å². The molecule has 19 heavy (non-hydrogen) atoms. The van der Waals surface area contributed by atoms with Gasteiger partial charge in [-0.05, 0) is 37.4 Å². The first-order chi connectivity index (χ1) is 8.89. The van der Waals surface area contributed by atoms with Crippen LogP contribution in [-0.2, 0) is 4.79 Å². The molecule has 1 N–H and O–H groups in total. The fourth-order valence-corrected chi connectivity index (χ4v) is 3.92. The van der Waals surface area contributed by atoms with Gasteiger partial charge in [0.05, 0.1) is 5.25 Å². The summed E-state index contributed by atoms with van der Waals surface area (Å²) in [7, 11) is 0. The second-order valence-electron chi connectivity index (χ2n) is 5.15. The molecule has 2 heterocycles. The van der Waals surface area contributed by atoms with E-state index in [-0.39, 0.29) is 24.0 Å². The standard InChI is InChI=1S/C12H18F3NO2S/c13-12(14,15)10(17)8-3-5-16(6-4-8)11(18)9-2-1-7-19-9/h8-10,17H,1-7H2. The number of amides is 1. The molecule has 2 rings (SSSR count). The van der Waals surface area contributed by atoms with Crippen molar-refractivity contribution in [3.63, 3.8) is 0 Å².